The van der Waals surface area contributed by atoms with E-state index in [9.17, 15) is 14.4 Å². The highest BCUT2D eigenvalue weighted by Gasteiger charge is 2.46. The third-order valence-electron chi connectivity index (χ3n) is 12.6. The standard InChI is InChI=1S/C25H25N5O3.C24H23N5O3.C2H3N/c1-4-15(5-2)24-21-22(17-8-11-20(32-3)26-14-17)27-28-23(21)25(31)30(24)18-9-6-16(7-10-18)19-12-13-33-29-19;1-3-14(4-2)23-20-21(16-7-10-19(30)25-13-16)26-27-22(20)24(31)29(23)17-8-5-15(6-9-17)18-11-12-32-28-18;1-2-3/h6-15,24H,4-5H2,1-3H3,(H,27,28);5-14,23H,3-4H2,1-2H3,(H,25,30)(H,26,27);1H3. The van der Waals surface area contributed by atoms with Crippen LogP contribution in [0, 0.1) is 23.2 Å². The minimum Gasteiger partial charge on any atom is -0.481 e. The van der Waals surface area contributed by atoms with Gasteiger partial charge in [0.15, 0.2) is 0 Å². The summed E-state index contributed by atoms with van der Waals surface area (Å²) in [5.41, 5.74) is 10.8. The number of methoxy groups -OCH3 is 1. The number of hydrogen-bond acceptors (Lipinski definition) is 12. The molecule has 0 fully saturated rings. The molecule has 346 valence electrons. The molecular formula is C51H51N11O6. The first-order chi connectivity index (χ1) is 33.2. The summed E-state index contributed by atoms with van der Waals surface area (Å²) in [5.74, 6) is 0.875. The van der Waals surface area contributed by atoms with Crippen LogP contribution in [0.25, 0.3) is 45.0 Å². The molecule has 3 N–H and O–H groups in total. The quantitative estimate of drug-likeness (QED) is 0.0981. The average Bonchev–Trinajstić information content (AvgIpc) is 4.25. The summed E-state index contributed by atoms with van der Waals surface area (Å²) < 4.78 is 15.1. The van der Waals surface area contributed by atoms with Crippen molar-refractivity contribution >= 4 is 23.2 Å². The second kappa shape index (κ2) is 20.4. The number of benzene rings is 2. The van der Waals surface area contributed by atoms with Crippen molar-refractivity contribution in [2.75, 3.05) is 16.9 Å². The number of amides is 2. The molecule has 0 spiro atoms. The molecule has 0 aliphatic carbocycles. The Morgan fingerprint density at radius 3 is 1.46 bits per heavy atom. The molecular weight excluding hydrogens is 863 g/mol. The Labute approximate surface area is 392 Å². The highest BCUT2D eigenvalue weighted by molar-refractivity contribution is 6.12. The van der Waals surface area contributed by atoms with Crippen LogP contribution in [0.3, 0.4) is 0 Å². The Kier molecular flexibility index (Phi) is 13.9. The number of anilines is 2. The van der Waals surface area contributed by atoms with Crippen molar-refractivity contribution in [1.29, 1.82) is 5.26 Å². The third kappa shape index (κ3) is 8.71. The number of carbonyl (C=O) groups excluding carboxylic acids is 2. The molecule has 17 nitrogen and oxygen atoms in total. The van der Waals surface area contributed by atoms with Gasteiger partial charge in [-0.2, -0.15) is 15.5 Å². The van der Waals surface area contributed by atoms with Gasteiger partial charge in [-0.05, 0) is 48.2 Å². The predicted molar refractivity (Wildman–Crippen MR) is 255 cm³/mol. The molecule has 0 radical (unpaired) electrons. The molecule has 17 heteroatoms. The topological polar surface area (TPSA) is 229 Å². The maximum atomic E-state index is 13.6. The molecule has 0 bridgehead atoms. The zero-order valence-corrected chi connectivity index (χ0v) is 38.6. The van der Waals surface area contributed by atoms with Gasteiger partial charge < -0.3 is 18.8 Å². The molecule has 2 aliphatic heterocycles. The van der Waals surface area contributed by atoms with E-state index in [0.29, 0.717) is 23.0 Å². The number of H-pyrrole nitrogens is 3. The average molecular weight is 914 g/mol. The largest absolute Gasteiger partial charge is 0.481 e. The van der Waals surface area contributed by atoms with Crippen molar-refractivity contribution in [3.8, 4) is 57.0 Å². The fraction of sp³-hybridized carbons (Fsp3) is 0.275. The van der Waals surface area contributed by atoms with Gasteiger partial charge in [-0.1, -0.05) is 88.0 Å². The summed E-state index contributed by atoms with van der Waals surface area (Å²) >= 11 is 0. The molecule has 2 unspecified atom stereocenters. The maximum absolute atomic E-state index is 13.6. The summed E-state index contributed by atoms with van der Waals surface area (Å²) in [6.07, 6.45) is 10.2. The van der Waals surface area contributed by atoms with E-state index in [1.165, 1.54) is 19.3 Å². The molecule has 2 amide bonds. The Morgan fingerprint density at radius 1 is 0.647 bits per heavy atom. The molecule has 6 aromatic heterocycles. The smallest absolute Gasteiger partial charge is 0.277 e. The molecule has 2 aliphatic rings. The Hall–Kier alpha value is -8.39. The van der Waals surface area contributed by atoms with Gasteiger partial charge in [0.05, 0.1) is 36.7 Å². The lowest BCUT2D eigenvalue weighted by molar-refractivity contribution is 0.0972. The first kappa shape index (κ1) is 46.2. The number of hydrogen-bond donors (Lipinski definition) is 3. The van der Waals surface area contributed by atoms with Gasteiger partial charge in [0.2, 0.25) is 11.4 Å². The van der Waals surface area contributed by atoms with Crippen LogP contribution < -0.4 is 20.1 Å². The highest BCUT2D eigenvalue weighted by atomic mass is 16.5. The lowest BCUT2D eigenvalue weighted by Crippen LogP contribution is -2.32. The van der Waals surface area contributed by atoms with E-state index >= 15 is 0 Å². The van der Waals surface area contributed by atoms with Gasteiger partial charge in [0, 0.05) is 88.3 Å². The number of aromatic nitrogens is 8. The predicted octanol–water partition coefficient (Wildman–Crippen LogP) is 10.4. The summed E-state index contributed by atoms with van der Waals surface area (Å²) in [7, 11) is 1.59. The van der Waals surface area contributed by atoms with E-state index in [1.54, 1.807) is 50.0 Å². The van der Waals surface area contributed by atoms with Crippen molar-refractivity contribution in [3.63, 3.8) is 0 Å². The second-order valence-corrected chi connectivity index (χ2v) is 16.2. The van der Waals surface area contributed by atoms with Crippen molar-refractivity contribution in [2.45, 2.75) is 72.4 Å². The first-order valence-corrected chi connectivity index (χ1v) is 22.5. The van der Waals surface area contributed by atoms with Gasteiger partial charge in [-0.3, -0.25) is 34.4 Å². The van der Waals surface area contributed by atoms with Crippen molar-refractivity contribution in [3.05, 3.63) is 143 Å². The summed E-state index contributed by atoms with van der Waals surface area (Å²) in [4.78, 5) is 49.4. The molecule has 2 atom stereocenters. The monoisotopic (exact) mass is 913 g/mol. The van der Waals surface area contributed by atoms with E-state index in [0.717, 1.165) is 87.5 Å². The number of rotatable bonds is 13. The van der Waals surface area contributed by atoms with Crippen molar-refractivity contribution < 1.29 is 23.4 Å². The van der Waals surface area contributed by atoms with Crippen LogP contribution in [0.15, 0.2) is 124 Å². The fourth-order valence-electron chi connectivity index (χ4n) is 9.22. The molecule has 68 heavy (non-hydrogen) atoms. The van der Waals surface area contributed by atoms with Crippen LogP contribution in [0.2, 0.25) is 0 Å². The number of ether oxygens (including phenoxy) is 1. The highest BCUT2D eigenvalue weighted by Crippen LogP contribution is 2.49. The van der Waals surface area contributed by atoms with E-state index in [2.05, 4.69) is 68.4 Å². The SMILES string of the molecule is CC#N.CCC(CC)C1c2c(-c3ccc(=O)[nH]c3)n[nH]c2C(=O)N1c1ccc(-c2ccon2)cc1.CCC(CC)C1c2c(-c3ccc(OC)nc3)n[nH]c2C(=O)N1c1ccc(-c2ccon2)cc1. The van der Waals surface area contributed by atoms with Gasteiger partial charge in [0.25, 0.3) is 11.8 Å². The van der Waals surface area contributed by atoms with Crippen LogP contribution in [0.1, 0.15) is 104 Å². The van der Waals surface area contributed by atoms with Crippen molar-refractivity contribution in [2.24, 2.45) is 11.8 Å². The first-order valence-electron chi connectivity index (χ1n) is 22.5. The second-order valence-electron chi connectivity index (χ2n) is 16.2. The van der Waals surface area contributed by atoms with Crippen LogP contribution in [-0.2, 0) is 0 Å². The minimum absolute atomic E-state index is 0.0729. The minimum atomic E-state index is -0.178. The summed E-state index contributed by atoms with van der Waals surface area (Å²) in [5, 5.41) is 30.2. The third-order valence-corrected chi connectivity index (χ3v) is 12.6. The summed E-state index contributed by atoms with van der Waals surface area (Å²) in [6.45, 7) is 10.0. The van der Waals surface area contributed by atoms with Crippen LogP contribution in [-0.4, -0.2) is 59.6 Å². The lowest BCUT2D eigenvalue weighted by Gasteiger charge is -2.31. The van der Waals surface area contributed by atoms with E-state index in [-0.39, 0.29) is 41.3 Å². The molecule has 0 saturated carbocycles. The number of nitriles is 1. The van der Waals surface area contributed by atoms with E-state index in [4.69, 9.17) is 19.0 Å². The summed E-state index contributed by atoms with van der Waals surface area (Å²) in [6, 6.07) is 27.6. The molecule has 0 saturated heterocycles. The van der Waals surface area contributed by atoms with Crippen LogP contribution in [0.4, 0.5) is 11.4 Å². The molecule has 8 heterocycles. The Morgan fingerprint density at radius 2 is 1.09 bits per heavy atom. The zero-order valence-electron chi connectivity index (χ0n) is 38.6. The van der Waals surface area contributed by atoms with E-state index < -0.39 is 0 Å². The normalized spacial score (nSPS) is 14.9. The maximum Gasteiger partial charge on any atom is 0.277 e. The molecule has 8 aromatic rings. The fourth-order valence-corrected chi connectivity index (χ4v) is 9.22. The van der Waals surface area contributed by atoms with Gasteiger partial charge in [-0.15, -0.1) is 0 Å². The van der Waals surface area contributed by atoms with Crippen LogP contribution >= 0.6 is 0 Å². The molecule has 2 aromatic carbocycles. The number of aromatic amines is 3. The number of fused-ring (bicyclic) bond motifs is 2. The van der Waals surface area contributed by atoms with Gasteiger partial charge in [-0.25, -0.2) is 4.98 Å². The van der Waals surface area contributed by atoms with Gasteiger partial charge in [0.1, 0.15) is 35.3 Å². The van der Waals surface area contributed by atoms with Crippen molar-refractivity contribution in [1.82, 2.24) is 40.7 Å². The Bertz CT molecular complexity index is 3030. The zero-order chi connectivity index (χ0) is 47.9. The number of nitrogens with one attached hydrogen (secondary N) is 3. The lowest BCUT2D eigenvalue weighted by atomic mass is 9.87. The van der Waals surface area contributed by atoms with E-state index in [1.807, 2.05) is 70.5 Å². The Balaban J connectivity index is 0.000000174. The number of carbonyl (C=O) groups is 2. The number of pyridine rings is 2. The number of nitrogens with zero attached hydrogens (tertiary/aromatic N) is 8. The van der Waals surface area contributed by atoms with Gasteiger partial charge >= 0.3 is 0 Å². The molecule has 10 rings (SSSR count). The van der Waals surface area contributed by atoms with Crippen LogP contribution in [0.5, 0.6) is 5.88 Å².